The van der Waals surface area contributed by atoms with Gasteiger partial charge in [0, 0.05) is 13.6 Å². The number of anilines is 1. The van der Waals surface area contributed by atoms with Crippen LogP contribution in [-0.4, -0.2) is 24.4 Å². The van der Waals surface area contributed by atoms with Gasteiger partial charge in [-0.05, 0) is 37.8 Å². The Balaban J connectivity index is 2.11. The SMILES string of the molecule is Cc1ccc(NN)c(C(=O)N(C)CC2CCCC2)c1. The Morgan fingerprint density at radius 3 is 2.74 bits per heavy atom. The van der Waals surface area contributed by atoms with Gasteiger partial charge in [-0.3, -0.25) is 10.6 Å². The van der Waals surface area contributed by atoms with E-state index in [1.807, 2.05) is 37.1 Å². The molecule has 0 heterocycles. The average Bonchev–Trinajstić information content (AvgIpc) is 2.90. The number of nitrogen functional groups attached to an aromatic ring is 1. The molecule has 1 aliphatic rings. The molecule has 0 unspecified atom stereocenters. The van der Waals surface area contributed by atoms with Gasteiger partial charge in [0.1, 0.15) is 0 Å². The third-order valence-corrected chi connectivity index (χ3v) is 3.91. The minimum absolute atomic E-state index is 0.0450. The standard InChI is InChI=1S/C15H23N3O/c1-11-7-8-14(17-16)13(9-11)15(19)18(2)10-12-5-3-4-6-12/h7-9,12,17H,3-6,10,16H2,1-2H3. The largest absolute Gasteiger partial charge is 0.341 e. The van der Waals surface area contributed by atoms with Crippen LogP contribution in [0.25, 0.3) is 0 Å². The van der Waals surface area contributed by atoms with Crippen LogP contribution in [0, 0.1) is 12.8 Å². The van der Waals surface area contributed by atoms with Crippen molar-refractivity contribution in [3.05, 3.63) is 29.3 Å². The normalized spacial score (nSPS) is 15.5. The molecule has 1 aliphatic carbocycles. The molecular weight excluding hydrogens is 238 g/mol. The summed E-state index contributed by atoms with van der Waals surface area (Å²) >= 11 is 0. The molecule has 0 radical (unpaired) electrons. The number of aryl methyl sites for hydroxylation is 1. The molecule has 4 nitrogen and oxygen atoms in total. The third-order valence-electron chi connectivity index (χ3n) is 3.91. The first kappa shape index (κ1) is 13.9. The molecule has 0 atom stereocenters. The Hall–Kier alpha value is -1.55. The van der Waals surface area contributed by atoms with Crippen LogP contribution in [0.5, 0.6) is 0 Å². The smallest absolute Gasteiger partial charge is 0.255 e. The number of carbonyl (C=O) groups excluding carboxylic acids is 1. The lowest BCUT2D eigenvalue weighted by Gasteiger charge is -2.22. The number of nitrogens with two attached hydrogens (primary N) is 1. The first-order valence-corrected chi connectivity index (χ1v) is 6.94. The fourth-order valence-corrected chi connectivity index (χ4v) is 2.83. The number of rotatable bonds is 4. The van der Waals surface area contributed by atoms with E-state index in [0.29, 0.717) is 17.2 Å². The van der Waals surface area contributed by atoms with Crippen LogP contribution in [0.2, 0.25) is 0 Å². The molecule has 1 fully saturated rings. The lowest BCUT2D eigenvalue weighted by molar-refractivity contribution is 0.0774. The summed E-state index contributed by atoms with van der Waals surface area (Å²) in [4.78, 5) is 14.3. The zero-order chi connectivity index (χ0) is 13.8. The quantitative estimate of drug-likeness (QED) is 0.647. The molecule has 2 rings (SSSR count). The van der Waals surface area contributed by atoms with E-state index in [1.54, 1.807) is 0 Å². The highest BCUT2D eigenvalue weighted by Crippen LogP contribution is 2.26. The lowest BCUT2D eigenvalue weighted by atomic mass is 10.1. The van der Waals surface area contributed by atoms with Crippen molar-refractivity contribution in [2.75, 3.05) is 19.0 Å². The molecule has 1 saturated carbocycles. The average molecular weight is 261 g/mol. The summed E-state index contributed by atoms with van der Waals surface area (Å²) in [7, 11) is 1.88. The molecule has 0 aliphatic heterocycles. The Morgan fingerprint density at radius 2 is 2.11 bits per heavy atom. The molecule has 4 heteroatoms. The first-order chi connectivity index (χ1) is 9.11. The summed E-state index contributed by atoms with van der Waals surface area (Å²) in [6.45, 7) is 2.82. The molecule has 0 spiro atoms. The second-order valence-electron chi connectivity index (χ2n) is 5.53. The van der Waals surface area contributed by atoms with Gasteiger partial charge in [-0.15, -0.1) is 0 Å². The number of carbonyl (C=O) groups is 1. The fraction of sp³-hybridized carbons (Fsp3) is 0.533. The number of amides is 1. The van der Waals surface area contributed by atoms with Crippen LogP contribution >= 0.6 is 0 Å². The highest BCUT2D eigenvalue weighted by atomic mass is 16.2. The second-order valence-corrected chi connectivity index (χ2v) is 5.53. The van der Waals surface area contributed by atoms with Crippen molar-refractivity contribution >= 4 is 11.6 Å². The lowest BCUT2D eigenvalue weighted by Crippen LogP contribution is -2.32. The number of hydrogen-bond acceptors (Lipinski definition) is 3. The summed E-state index contributed by atoms with van der Waals surface area (Å²) in [5, 5.41) is 0. The van der Waals surface area contributed by atoms with Crippen LogP contribution < -0.4 is 11.3 Å². The molecule has 3 N–H and O–H groups in total. The van der Waals surface area contributed by atoms with Crippen molar-refractivity contribution in [1.82, 2.24) is 4.90 Å². The Bertz CT molecular complexity index is 453. The molecule has 1 amide bonds. The molecule has 19 heavy (non-hydrogen) atoms. The van der Waals surface area contributed by atoms with Crippen molar-refractivity contribution in [2.24, 2.45) is 11.8 Å². The molecule has 1 aromatic rings. The van der Waals surface area contributed by atoms with Crippen LogP contribution in [0.15, 0.2) is 18.2 Å². The van der Waals surface area contributed by atoms with Crippen LogP contribution in [-0.2, 0) is 0 Å². The molecule has 0 bridgehead atoms. The Kier molecular flexibility index (Phi) is 4.43. The van der Waals surface area contributed by atoms with Gasteiger partial charge < -0.3 is 10.3 Å². The van der Waals surface area contributed by atoms with Crippen molar-refractivity contribution in [3.8, 4) is 0 Å². The van der Waals surface area contributed by atoms with Gasteiger partial charge >= 0.3 is 0 Å². The maximum atomic E-state index is 12.5. The second kappa shape index (κ2) is 6.06. The van der Waals surface area contributed by atoms with Crippen molar-refractivity contribution in [1.29, 1.82) is 0 Å². The van der Waals surface area contributed by atoms with E-state index < -0.39 is 0 Å². The fourth-order valence-electron chi connectivity index (χ4n) is 2.83. The van der Waals surface area contributed by atoms with Gasteiger partial charge in [-0.2, -0.15) is 0 Å². The molecule has 0 aromatic heterocycles. The monoisotopic (exact) mass is 261 g/mol. The Morgan fingerprint density at radius 1 is 1.42 bits per heavy atom. The van der Waals surface area contributed by atoms with Gasteiger partial charge in [-0.25, -0.2) is 0 Å². The summed E-state index contributed by atoms with van der Waals surface area (Å²) in [6, 6.07) is 5.69. The van der Waals surface area contributed by atoms with Gasteiger partial charge in [0.05, 0.1) is 11.3 Å². The molecule has 0 saturated heterocycles. The summed E-state index contributed by atoms with van der Waals surface area (Å²) < 4.78 is 0. The van der Waals surface area contributed by atoms with Crippen LogP contribution in [0.3, 0.4) is 0 Å². The predicted molar refractivity (Wildman–Crippen MR) is 77.9 cm³/mol. The van der Waals surface area contributed by atoms with Gasteiger partial charge in [-0.1, -0.05) is 24.5 Å². The van der Waals surface area contributed by atoms with E-state index in [0.717, 1.165) is 12.1 Å². The van der Waals surface area contributed by atoms with Crippen LogP contribution in [0.1, 0.15) is 41.6 Å². The zero-order valence-corrected chi connectivity index (χ0v) is 11.8. The number of hydrazine groups is 1. The van der Waals surface area contributed by atoms with E-state index in [4.69, 9.17) is 5.84 Å². The van der Waals surface area contributed by atoms with Gasteiger partial charge in [0.15, 0.2) is 0 Å². The summed E-state index contributed by atoms with van der Waals surface area (Å²) in [5.74, 6) is 6.19. The number of nitrogens with one attached hydrogen (secondary N) is 1. The maximum absolute atomic E-state index is 12.5. The third kappa shape index (κ3) is 3.26. The predicted octanol–water partition coefficient (Wildman–Crippen LogP) is 2.54. The van der Waals surface area contributed by atoms with E-state index in [9.17, 15) is 4.79 Å². The highest BCUT2D eigenvalue weighted by molar-refractivity contribution is 5.99. The molecular formula is C15H23N3O. The summed E-state index contributed by atoms with van der Waals surface area (Å²) in [5.41, 5.74) is 5.02. The van der Waals surface area contributed by atoms with Crippen molar-refractivity contribution in [2.45, 2.75) is 32.6 Å². The topological polar surface area (TPSA) is 58.4 Å². The number of benzene rings is 1. The number of hydrogen-bond donors (Lipinski definition) is 2. The maximum Gasteiger partial charge on any atom is 0.255 e. The van der Waals surface area contributed by atoms with Crippen LogP contribution in [0.4, 0.5) is 5.69 Å². The van der Waals surface area contributed by atoms with Crippen molar-refractivity contribution < 1.29 is 4.79 Å². The summed E-state index contributed by atoms with van der Waals surface area (Å²) in [6.07, 6.45) is 5.08. The van der Waals surface area contributed by atoms with Crippen molar-refractivity contribution in [3.63, 3.8) is 0 Å². The van der Waals surface area contributed by atoms with Gasteiger partial charge in [0.2, 0.25) is 0 Å². The van der Waals surface area contributed by atoms with Gasteiger partial charge in [0.25, 0.3) is 5.91 Å². The first-order valence-electron chi connectivity index (χ1n) is 6.94. The minimum atomic E-state index is 0.0450. The zero-order valence-electron chi connectivity index (χ0n) is 11.8. The van der Waals surface area contributed by atoms with E-state index in [1.165, 1.54) is 25.7 Å². The number of nitrogens with zero attached hydrogens (tertiary/aromatic N) is 1. The Labute approximate surface area is 114 Å². The molecule has 1 aromatic carbocycles. The minimum Gasteiger partial charge on any atom is -0.341 e. The van der Waals surface area contributed by atoms with E-state index in [-0.39, 0.29) is 5.91 Å². The highest BCUT2D eigenvalue weighted by Gasteiger charge is 2.21. The van der Waals surface area contributed by atoms with E-state index in [2.05, 4.69) is 5.43 Å². The van der Waals surface area contributed by atoms with E-state index >= 15 is 0 Å². The molecule has 104 valence electrons.